The van der Waals surface area contributed by atoms with Gasteiger partial charge in [-0.1, -0.05) is 13.0 Å². The molecule has 0 radical (unpaired) electrons. The maximum Gasteiger partial charge on any atom is 0.141 e. The summed E-state index contributed by atoms with van der Waals surface area (Å²) in [5.41, 5.74) is 1.79. The van der Waals surface area contributed by atoms with Crippen LogP contribution in [0.15, 0.2) is 18.2 Å². The van der Waals surface area contributed by atoms with E-state index in [0.29, 0.717) is 24.7 Å². The fourth-order valence-electron chi connectivity index (χ4n) is 5.16. The molecule has 2 fully saturated rings. The van der Waals surface area contributed by atoms with Crippen LogP contribution in [-0.2, 0) is 16.0 Å². The number of aromatic hydroxyl groups is 1. The monoisotopic (exact) mass is 284 g/mol. The number of carbonyl (C=O) groups is 2. The zero-order valence-corrected chi connectivity index (χ0v) is 12.3. The molecule has 21 heavy (non-hydrogen) atoms. The third-order valence-corrected chi connectivity index (χ3v) is 6.18. The minimum absolute atomic E-state index is 0.0571. The van der Waals surface area contributed by atoms with Crippen LogP contribution < -0.4 is 0 Å². The molecule has 0 heterocycles. The molecule has 1 N–H and O–H groups in total. The summed E-state index contributed by atoms with van der Waals surface area (Å²) in [5, 5.41) is 9.65. The summed E-state index contributed by atoms with van der Waals surface area (Å²) in [4.78, 5) is 25.0. The van der Waals surface area contributed by atoms with Crippen LogP contribution in [-0.4, -0.2) is 16.7 Å². The van der Waals surface area contributed by atoms with Crippen LogP contribution >= 0.6 is 0 Å². The second-order valence-corrected chi connectivity index (χ2v) is 7.19. The molecule has 3 nitrogen and oxygen atoms in total. The standard InChI is InChI=1S/C18H20O3/c1-18-9-15(20)17-12-5-3-11(19)8-10(12)2-4-13(17)14(18)6-7-16(18)21/h3,5,8,13-14,17,19H,2,4,6-7,9H2,1H3/t13-,14+,17-,18-/m0/s1. The number of Topliss-reactive ketones (excluding diaryl/α,β-unsaturated/α-hetero) is 2. The molecule has 2 saturated carbocycles. The molecule has 3 aliphatic rings. The molecule has 4 rings (SSSR count). The minimum Gasteiger partial charge on any atom is -0.508 e. The van der Waals surface area contributed by atoms with Gasteiger partial charge in [0, 0.05) is 24.2 Å². The Balaban J connectivity index is 1.80. The first-order valence-corrected chi connectivity index (χ1v) is 7.88. The van der Waals surface area contributed by atoms with E-state index >= 15 is 0 Å². The van der Waals surface area contributed by atoms with Crippen LogP contribution in [0.2, 0.25) is 0 Å². The van der Waals surface area contributed by atoms with E-state index in [1.165, 1.54) is 0 Å². The molecule has 4 atom stereocenters. The average molecular weight is 284 g/mol. The summed E-state index contributed by atoms with van der Waals surface area (Å²) in [6.07, 6.45) is 3.84. The van der Waals surface area contributed by atoms with E-state index < -0.39 is 5.41 Å². The van der Waals surface area contributed by atoms with Crippen LogP contribution in [0.1, 0.15) is 49.7 Å². The zero-order valence-electron chi connectivity index (χ0n) is 12.3. The van der Waals surface area contributed by atoms with Gasteiger partial charge >= 0.3 is 0 Å². The Morgan fingerprint density at radius 2 is 2.00 bits per heavy atom. The van der Waals surface area contributed by atoms with Crippen LogP contribution in [0.3, 0.4) is 0 Å². The summed E-state index contributed by atoms with van der Waals surface area (Å²) in [6, 6.07) is 5.40. The lowest BCUT2D eigenvalue weighted by molar-refractivity contribution is -0.139. The smallest absolute Gasteiger partial charge is 0.141 e. The molecular weight excluding hydrogens is 264 g/mol. The van der Waals surface area contributed by atoms with Gasteiger partial charge in [0.1, 0.15) is 17.3 Å². The van der Waals surface area contributed by atoms with Crippen molar-refractivity contribution in [3.63, 3.8) is 0 Å². The third kappa shape index (κ3) is 1.66. The van der Waals surface area contributed by atoms with Crippen LogP contribution in [0.4, 0.5) is 0 Å². The fourth-order valence-corrected chi connectivity index (χ4v) is 5.16. The SMILES string of the molecule is C[C@]12CC(=O)[C@H]3c4ccc(O)cc4CC[C@H]3[C@H]1CCC2=O. The second-order valence-electron chi connectivity index (χ2n) is 7.19. The molecule has 0 unspecified atom stereocenters. The van der Waals surface area contributed by atoms with Crippen molar-refractivity contribution in [2.45, 2.75) is 44.9 Å². The predicted molar refractivity (Wildman–Crippen MR) is 78.1 cm³/mol. The maximum atomic E-state index is 12.8. The molecule has 0 bridgehead atoms. The van der Waals surface area contributed by atoms with E-state index in [1.54, 1.807) is 12.1 Å². The second kappa shape index (κ2) is 4.19. The largest absolute Gasteiger partial charge is 0.508 e. The van der Waals surface area contributed by atoms with Gasteiger partial charge < -0.3 is 5.11 Å². The van der Waals surface area contributed by atoms with Gasteiger partial charge in [-0.15, -0.1) is 0 Å². The Morgan fingerprint density at radius 1 is 1.19 bits per heavy atom. The molecule has 3 aliphatic carbocycles. The maximum absolute atomic E-state index is 12.8. The van der Waals surface area contributed by atoms with E-state index in [2.05, 4.69) is 0 Å². The van der Waals surface area contributed by atoms with Crippen molar-refractivity contribution in [1.82, 2.24) is 0 Å². The van der Waals surface area contributed by atoms with E-state index in [0.717, 1.165) is 30.4 Å². The highest BCUT2D eigenvalue weighted by Gasteiger charge is 2.57. The summed E-state index contributed by atoms with van der Waals surface area (Å²) >= 11 is 0. The number of rotatable bonds is 0. The van der Waals surface area contributed by atoms with Crippen molar-refractivity contribution in [3.05, 3.63) is 29.3 Å². The number of carbonyl (C=O) groups excluding carboxylic acids is 2. The van der Waals surface area contributed by atoms with Crippen LogP contribution in [0.25, 0.3) is 0 Å². The van der Waals surface area contributed by atoms with Gasteiger partial charge in [0.25, 0.3) is 0 Å². The first-order chi connectivity index (χ1) is 10.0. The van der Waals surface area contributed by atoms with Gasteiger partial charge in [-0.3, -0.25) is 9.59 Å². The Bertz CT molecular complexity index is 648. The van der Waals surface area contributed by atoms with Crippen molar-refractivity contribution in [2.24, 2.45) is 17.3 Å². The molecular formula is C18H20O3. The van der Waals surface area contributed by atoms with Gasteiger partial charge in [-0.2, -0.15) is 0 Å². The lowest BCUT2D eigenvalue weighted by Crippen LogP contribution is -2.47. The zero-order chi connectivity index (χ0) is 14.8. The fraction of sp³-hybridized carbons (Fsp3) is 0.556. The van der Waals surface area contributed by atoms with E-state index in [-0.39, 0.29) is 23.2 Å². The van der Waals surface area contributed by atoms with Crippen LogP contribution in [0.5, 0.6) is 5.75 Å². The summed E-state index contributed by atoms with van der Waals surface area (Å²) < 4.78 is 0. The quantitative estimate of drug-likeness (QED) is 0.797. The van der Waals surface area contributed by atoms with Crippen molar-refractivity contribution in [3.8, 4) is 5.75 Å². The Kier molecular flexibility index (Phi) is 2.60. The number of fused-ring (bicyclic) bond motifs is 5. The van der Waals surface area contributed by atoms with Crippen molar-refractivity contribution < 1.29 is 14.7 Å². The number of hydrogen-bond acceptors (Lipinski definition) is 3. The average Bonchev–Trinajstić information content (AvgIpc) is 2.74. The lowest BCUT2D eigenvalue weighted by Gasteiger charge is -2.47. The topological polar surface area (TPSA) is 54.4 Å². The van der Waals surface area contributed by atoms with Gasteiger partial charge in [-0.25, -0.2) is 0 Å². The normalized spacial score (nSPS) is 37.9. The predicted octanol–water partition coefficient (Wildman–Crippen LogP) is 3.00. The molecule has 0 amide bonds. The highest BCUT2D eigenvalue weighted by molar-refractivity contribution is 5.97. The minimum atomic E-state index is -0.410. The van der Waals surface area contributed by atoms with Gasteiger partial charge in [0.2, 0.25) is 0 Å². The summed E-state index contributed by atoms with van der Waals surface area (Å²) in [7, 11) is 0. The highest BCUT2D eigenvalue weighted by atomic mass is 16.3. The first kappa shape index (κ1) is 13.1. The lowest BCUT2D eigenvalue weighted by atomic mass is 9.55. The van der Waals surface area contributed by atoms with Crippen molar-refractivity contribution in [1.29, 1.82) is 0 Å². The Morgan fingerprint density at radius 3 is 2.81 bits per heavy atom. The molecule has 0 aliphatic heterocycles. The number of ketones is 2. The third-order valence-electron chi connectivity index (χ3n) is 6.18. The number of aryl methyl sites for hydroxylation is 1. The number of phenolic OH excluding ortho intramolecular Hbond substituents is 1. The molecule has 1 aromatic carbocycles. The molecule has 110 valence electrons. The van der Waals surface area contributed by atoms with Crippen molar-refractivity contribution >= 4 is 11.6 Å². The van der Waals surface area contributed by atoms with E-state index in [4.69, 9.17) is 0 Å². The van der Waals surface area contributed by atoms with E-state index in [9.17, 15) is 14.7 Å². The molecule has 0 aromatic heterocycles. The van der Waals surface area contributed by atoms with Gasteiger partial charge in [0.15, 0.2) is 0 Å². The number of benzene rings is 1. The summed E-state index contributed by atoms with van der Waals surface area (Å²) in [6.45, 7) is 2.01. The first-order valence-electron chi connectivity index (χ1n) is 7.88. The number of hydrogen-bond donors (Lipinski definition) is 1. The molecule has 3 heteroatoms. The van der Waals surface area contributed by atoms with Crippen LogP contribution in [0, 0.1) is 17.3 Å². The molecule has 1 aromatic rings. The Labute approximate surface area is 124 Å². The molecule has 0 spiro atoms. The van der Waals surface area contributed by atoms with Crippen molar-refractivity contribution in [2.75, 3.05) is 0 Å². The van der Waals surface area contributed by atoms with Gasteiger partial charge in [0.05, 0.1) is 0 Å². The highest BCUT2D eigenvalue weighted by Crippen LogP contribution is 2.58. The number of phenols is 1. The molecule has 0 saturated heterocycles. The van der Waals surface area contributed by atoms with E-state index in [1.807, 2.05) is 13.0 Å². The summed E-state index contributed by atoms with van der Waals surface area (Å²) in [5.74, 6) is 1.39. The Hall–Kier alpha value is -1.64. The van der Waals surface area contributed by atoms with Gasteiger partial charge in [-0.05, 0) is 54.4 Å².